The molecule has 1 saturated heterocycles. The molecular weight excluding hydrogens is 464 g/mol. The van der Waals surface area contributed by atoms with E-state index in [4.69, 9.17) is 13.9 Å². The molecule has 2 heterocycles. The molecule has 0 saturated carbocycles. The van der Waals surface area contributed by atoms with Gasteiger partial charge in [-0.2, -0.15) is 0 Å². The molecule has 1 atom stereocenters. The number of aryl methyl sites for hydroxylation is 2. The second kappa shape index (κ2) is 11.2. The maximum absolute atomic E-state index is 13.3. The van der Waals surface area contributed by atoms with Gasteiger partial charge in [0, 0.05) is 43.7 Å². The summed E-state index contributed by atoms with van der Waals surface area (Å²) >= 11 is 0. The monoisotopic (exact) mass is 498 g/mol. The van der Waals surface area contributed by atoms with Crippen LogP contribution in [-0.2, 0) is 11.3 Å². The lowest BCUT2D eigenvalue weighted by Gasteiger charge is -2.36. The summed E-state index contributed by atoms with van der Waals surface area (Å²) in [6.07, 6.45) is -0.115. The van der Waals surface area contributed by atoms with E-state index in [1.165, 1.54) is 5.56 Å². The van der Waals surface area contributed by atoms with E-state index in [0.717, 1.165) is 53.0 Å². The average Bonchev–Trinajstić information content (AvgIpc) is 3.28. The zero-order valence-corrected chi connectivity index (χ0v) is 21.8. The summed E-state index contributed by atoms with van der Waals surface area (Å²) in [7, 11) is 1.68. The van der Waals surface area contributed by atoms with Crippen LogP contribution in [0.4, 0.5) is 0 Å². The van der Waals surface area contributed by atoms with Crippen LogP contribution in [0.3, 0.4) is 0 Å². The van der Waals surface area contributed by atoms with E-state index >= 15 is 0 Å². The molecule has 5 rings (SSSR count). The van der Waals surface area contributed by atoms with Crippen LogP contribution >= 0.6 is 0 Å². The van der Waals surface area contributed by atoms with Crippen molar-refractivity contribution in [2.45, 2.75) is 26.6 Å². The fourth-order valence-electron chi connectivity index (χ4n) is 4.87. The van der Waals surface area contributed by atoms with Crippen LogP contribution in [0.25, 0.3) is 11.0 Å². The Hall–Kier alpha value is -3.61. The molecule has 1 aliphatic rings. The van der Waals surface area contributed by atoms with E-state index in [2.05, 4.69) is 42.2 Å². The van der Waals surface area contributed by atoms with E-state index in [1.807, 2.05) is 54.3 Å². The predicted octanol–water partition coefficient (Wildman–Crippen LogP) is 5.77. The number of hydrogen-bond acceptors (Lipinski definition) is 5. The highest BCUT2D eigenvalue weighted by molar-refractivity contribution is 5.99. The summed E-state index contributed by atoms with van der Waals surface area (Å²) in [6, 6.07) is 24.3. The van der Waals surface area contributed by atoms with Gasteiger partial charge in [-0.15, -0.1) is 0 Å². The van der Waals surface area contributed by atoms with Gasteiger partial charge in [0.1, 0.15) is 11.3 Å². The van der Waals surface area contributed by atoms with Gasteiger partial charge in [-0.25, -0.2) is 0 Å². The summed E-state index contributed by atoms with van der Waals surface area (Å²) < 4.78 is 17.8. The molecule has 1 fully saturated rings. The maximum atomic E-state index is 13.3. The molecular formula is C31H34N2O4. The summed E-state index contributed by atoms with van der Waals surface area (Å²) in [4.78, 5) is 17.5. The topological polar surface area (TPSA) is 55.2 Å². The van der Waals surface area contributed by atoms with Crippen LogP contribution < -0.4 is 4.74 Å². The first-order valence-corrected chi connectivity index (χ1v) is 12.8. The molecule has 6 nitrogen and oxygen atoms in total. The number of furan rings is 1. The molecule has 0 spiro atoms. The van der Waals surface area contributed by atoms with Crippen molar-refractivity contribution in [3.63, 3.8) is 0 Å². The Bertz CT molecular complexity index is 1350. The predicted molar refractivity (Wildman–Crippen MR) is 145 cm³/mol. The molecule has 192 valence electrons. The van der Waals surface area contributed by atoms with E-state index < -0.39 is 0 Å². The number of amides is 1. The number of hydrogen-bond donors (Lipinski definition) is 0. The number of nitrogens with zero attached hydrogens (tertiary/aromatic N) is 2. The Morgan fingerprint density at radius 3 is 2.43 bits per heavy atom. The van der Waals surface area contributed by atoms with E-state index in [1.54, 1.807) is 7.11 Å². The standard InChI is InChI=1S/C31H34N2O4/c1-22-11-13-24(14-12-22)21-36-29(25-7-6-8-26(19-25)35-3)20-32-15-17-33(18-16-32)31(34)30-23(2)27-9-4-5-10-28(27)37-30/h4-14,19,29H,15-18,20-21H2,1-3H3/t29-/m1/s1. The van der Waals surface area contributed by atoms with E-state index in [9.17, 15) is 4.79 Å². The van der Waals surface area contributed by atoms with Crippen LogP contribution in [0, 0.1) is 13.8 Å². The van der Waals surface area contributed by atoms with Crippen LogP contribution in [0.2, 0.25) is 0 Å². The Kier molecular flexibility index (Phi) is 7.58. The summed E-state index contributed by atoms with van der Waals surface area (Å²) in [5.74, 6) is 1.23. The largest absolute Gasteiger partial charge is 0.497 e. The minimum absolute atomic E-state index is 0.0340. The third kappa shape index (κ3) is 5.71. The van der Waals surface area contributed by atoms with Crippen LogP contribution in [0.1, 0.15) is 38.9 Å². The third-order valence-electron chi connectivity index (χ3n) is 7.16. The summed E-state index contributed by atoms with van der Waals surface area (Å²) in [6.45, 7) is 8.18. The quantitative estimate of drug-likeness (QED) is 0.309. The highest BCUT2D eigenvalue weighted by Crippen LogP contribution is 2.28. The first kappa shape index (κ1) is 25.1. The third-order valence-corrected chi connectivity index (χ3v) is 7.16. The van der Waals surface area contributed by atoms with Crippen molar-refractivity contribution >= 4 is 16.9 Å². The van der Waals surface area contributed by atoms with Crippen molar-refractivity contribution in [3.8, 4) is 5.75 Å². The Morgan fingerprint density at radius 1 is 0.946 bits per heavy atom. The van der Waals surface area contributed by atoms with Crippen molar-refractivity contribution < 1.29 is 18.7 Å². The number of rotatable bonds is 8. The maximum Gasteiger partial charge on any atom is 0.289 e. The zero-order valence-electron chi connectivity index (χ0n) is 21.8. The van der Waals surface area contributed by atoms with E-state index in [0.29, 0.717) is 25.5 Å². The average molecular weight is 499 g/mol. The first-order chi connectivity index (χ1) is 18.0. The SMILES string of the molecule is COc1cccc([C@@H](CN2CCN(C(=O)c3oc4ccccc4c3C)CC2)OCc2ccc(C)cc2)c1. The fourth-order valence-corrected chi connectivity index (χ4v) is 4.87. The summed E-state index contributed by atoms with van der Waals surface area (Å²) in [5.41, 5.74) is 5.14. The molecule has 0 radical (unpaired) electrons. The van der Waals surface area contributed by atoms with Crippen LogP contribution in [-0.4, -0.2) is 55.5 Å². The molecule has 6 heteroatoms. The minimum atomic E-state index is -0.115. The lowest BCUT2D eigenvalue weighted by molar-refractivity contribution is 0.00302. The van der Waals surface area contributed by atoms with Crippen LogP contribution in [0.15, 0.2) is 77.2 Å². The Morgan fingerprint density at radius 2 is 1.70 bits per heavy atom. The molecule has 0 N–H and O–H groups in total. The van der Waals surface area contributed by atoms with Gasteiger partial charge in [0.15, 0.2) is 5.76 Å². The van der Waals surface area contributed by atoms with Crippen molar-refractivity contribution in [1.29, 1.82) is 0 Å². The van der Waals surface area contributed by atoms with Gasteiger partial charge in [0.25, 0.3) is 5.91 Å². The van der Waals surface area contributed by atoms with Gasteiger partial charge >= 0.3 is 0 Å². The molecule has 3 aromatic carbocycles. The number of fused-ring (bicyclic) bond motifs is 1. The zero-order chi connectivity index (χ0) is 25.8. The smallest absolute Gasteiger partial charge is 0.289 e. The van der Waals surface area contributed by atoms with Gasteiger partial charge < -0.3 is 18.8 Å². The lowest BCUT2D eigenvalue weighted by Crippen LogP contribution is -2.49. The number of benzene rings is 3. The molecule has 1 aliphatic heterocycles. The molecule has 1 aromatic heterocycles. The highest BCUT2D eigenvalue weighted by atomic mass is 16.5. The number of para-hydroxylation sites is 1. The Labute approximate surface area is 218 Å². The molecule has 1 amide bonds. The highest BCUT2D eigenvalue weighted by Gasteiger charge is 2.28. The summed E-state index contributed by atoms with van der Waals surface area (Å²) in [5, 5.41) is 0.997. The first-order valence-electron chi connectivity index (χ1n) is 12.8. The van der Waals surface area contributed by atoms with Crippen LogP contribution in [0.5, 0.6) is 5.75 Å². The molecule has 0 aliphatic carbocycles. The number of carbonyl (C=O) groups is 1. The normalized spacial score (nSPS) is 15.2. The van der Waals surface area contributed by atoms with Crippen molar-refractivity contribution in [1.82, 2.24) is 9.80 Å². The minimum Gasteiger partial charge on any atom is -0.497 e. The number of carbonyl (C=O) groups excluding carboxylic acids is 1. The fraction of sp³-hybridized carbons (Fsp3) is 0.323. The second-order valence-corrected chi connectivity index (χ2v) is 9.71. The number of piperazine rings is 1. The molecule has 37 heavy (non-hydrogen) atoms. The molecule has 0 bridgehead atoms. The van der Waals surface area contributed by atoms with Gasteiger partial charge in [0.05, 0.1) is 19.8 Å². The van der Waals surface area contributed by atoms with Crippen molar-refractivity contribution in [2.24, 2.45) is 0 Å². The Balaban J connectivity index is 1.25. The number of ether oxygens (including phenoxy) is 2. The molecule has 0 unspecified atom stereocenters. The number of methoxy groups -OCH3 is 1. The van der Waals surface area contributed by atoms with Gasteiger partial charge in [-0.1, -0.05) is 60.2 Å². The van der Waals surface area contributed by atoms with Gasteiger partial charge in [0.2, 0.25) is 0 Å². The van der Waals surface area contributed by atoms with Crippen molar-refractivity contribution in [2.75, 3.05) is 39.8 Å². The van der Waals surface area contributed by atoms with Crippen molar-refractivity contribution in [3.05, 3.63) is 101 Å². The second-order valence-electron chi connectivity index (χ2n) is 9.71. The van der Waals surface area contributed by atoms with Gasteiger partial charge in [-0.3, -0.25) is 9.69 Å². The van der Waals surface area contributed by atoms with E-state index in [-0.39, 0.29) is 12.0 Å². The molecule has 4 aromatic rings. The lowest BCUT2D eigenvalue weighted by atomic mass is 10.1. The van der Waals surface area contributed by atoms with Gasteiger partial charge in [-0.05, 0) is 43.2 Å².